The molecule has 0 amide bonds. The number of nitro benzene ring substituents is 1. The Bertz CT molecular complexity index is 818. The third-order valence-electron chi connectivity index (χ3n) is 4.25. The highest BCUT2D eigenvalue weighted by Gasteiger charge is 2.52. The van der Waals surface area contributed by atoms with E-state index >= 15 is 0 Å². The number of hydrogen-bond acceptors (Lipinski definition) is 5. The molecule has 7 nitrogen and oxygen atoms in total. The van der Waals surface area contributed by atoms with E-state index in [0.29, 0.717) is 21.6 Å². The first kappa shape index (κ1) is 16.1. The zero-order valence-corrected chi connectivity index (χ0v) is 13.3. The van der Waals surface area contributed by atoms with E-state index in [2.05, 4.69) is 0 Å². The Labute approximate surface area is 138 Å². The van der Waals surface area contributed by atoms with Crippen molar-refractivity contribution in [1.29, 1.82) is 0 Å². The van der Waals surface area contributed by atoms with Crippen LogP contribution < -0.4 is 0 Å². The number of benzene rings is 2. The van der Waals surface area contributed by atoms with Crippen LogP contribution in [0.25, 0.3) is 0 Å². The normalized spacial score (nSPS) is 20.4. The third kappa shape index (κ3) is 2.44. The molecule has 1 aliphatic heterocycles. The molecule has 124 valence electrons. The molecular formula is C17H17N3O4. The average molecular weight is 327 g/mol. The Morgan fingerprint density at radius 3 is 2.46 bits per heavy atom. The van der Waals surface area contributed by atoms with E-state index in [1.54, 1.807) is 32.0 Å². The minimum absolute atomic E-state index is 0.125. The van der Waals surface area contributed by atoms with Crippen molar-refractivity contribution in [2.75, 3.05) is 0 Å². The number of rotatable bonds is 3. The van der Waals surface area contributed by atoms with Gasteiger partial charge in [-0.15, -0.1) is 5.06 Å². The summed E-state index contributed by atoms with van der Waals surface area (Å²) >= 11 is 0. The second-order valence-electron chi connectivity index (χ2n) is 6.17. The highest BCUT2D eigenvalue weighted by molar-refractivity contribution is 6.04. The maximum Gasteiger partial charge on any atom is 0.270 e. The quantitative estimate of drug-likeness (QED) is 0.405. The van der Waals surface area contributed by atoms with E-state index in [1.165, 1.54) is 18.2 Å². The van der Waals surface area contributed by atoms with Crippen LogP contribution >= 0.6 is 0 Å². The number of hydrogen-bond donors (Lipinski definition) is 1. The molecule has 1 aliphatic rings. The van der Waals surface area contributed by atoms with Crippen molar-refractivity contribution in [3.05, 3.63) is 81.0 Å². The standard InChI is InChI=1S/C17H17N3O4/c1-17(2)15(12-7-4-3-5-8-12)18(21)16(19(17)22)13-9-6-10-14(11-13)20(23)24/h3-11,16,22H,1-2H3/t16-/m1/s1. The van der Waals surface area contributed by atoms with Gasteiger partial charge in [-0.1, -0.05) is 30.3 Å². The van der Waals surface area contributed by atoms with Crippen LogP contribution in [0.1, 0.15) is 31.1 Å². The van der Waals surface area contributed by atoms with Gasteiger partial charge in [-0.2, -0.15) is 4.74 Å². The Kier molecular flexibility index (Phi) is 3.82. The lowest BCUT2D eigenvalue weighted by Crippen LogP contribution is -2.44. The molecule has 0 radical (unpaired) electrons. The summed E-state index contributed by atoms with van der Waals surface area (Å²) in [6.07, 6.45) is -1.05. The Hall–Kier alpha value is -2.77. The Balaban J connectivity index is 2.14. The molecule has 3 rings (SSSR count). The van der Waals surface area contributed by atoms with Crippen LogP contribution in [-0.4, -0.2) is 31.2 Å². The summed E-state index contributed by atoms with van der Waals surface area (Å²) < 4.78 is 0.717. The fraction of sp³-hybridized carbons (Fsp3) is 0.235. The first-order chi connectivity index (χ1) is 11.3. The molecule has 0 spiro atoms. The van der Waals surface area contributed by atoms with Gasteiger partial charge in [-0.3, -0.25) is 10.1 Å². The van der Waals surface area contributed by atoms with Crippen LogP contribution in [0.4, 0.5) is 5.69 Å². The van der Waals surface area contributed by atoms with Crippen molar-refractivity contribution in [3.8, 4) is 0 Å². The largest absolute Gasteiger partial charge is 0.622 e. The van der Waals surface area contributed by atoms with E-state index < -0.39 is 16.6 Å². The van der Waals surface area contributed by atoms with Gasteiger partial charge in [0.05, 0.1) is 4.92 Å². The maximum absolute atomic E-state index is 12.9. The first-order valence-corrected chi connectivity index (χ1v) is 7.46. The molecule has 0 aromatic heterocycles. The average Bonchev–Trinajstić information content (AvgIpc) is 2.73. The summed E-state index contributed by atoms with van der Waals surface area (Å²) in [6, 6.07) is 14.8. The minimum atomic E-state index is -1.05. The smallest absolute Gasteiger partial charge is 0.270 e. The van der Waals surface area contributed by atoms with E-state index in [9.17, 15) is 20.5 Å². The van der Waals surface area contributed by atoms with Crippen LogP contribution in [0.3, 0.4) is 0 Å². The molecule has 0 bridgehead atoms. The summed E-state index contributed by atoms with van der Waals surface area (Å²) in [5, 5.41) is 35.4. The maximum atomic E-state index is 12.9. The topological polar surface area (TPSA) is 92.7 Å². The summed E-state index contributed by atoms with van der Waals surface area (Å²) in [7, 11) is 0. The Morgan fingerprint density at radius 1 is 1.17 bits per heavy atom. The van der Waals surface area contributed by atoms with Gasteiger partial charge in [0.15, 0.2) is 0 Å². The van der Waals surface area contributed by atoms with E-state index in [4.69, 9.17) is 0 Å². The third-order valence-corrected chi connectivity index (χ3v) is 4.25. The minimum Gasteiger partial charge on any atom is -0.622 e. The fourth-order valence-corrected chi connectivity index (χ4v) is 3.06. The molecule has 0 aliphatic carbocycles. The zero-order valence-electron chi connectivity index (χ0n) is 13.3. The van der Waals surface area contributed by atoms with Gasteiger partial charge in [0.25, 0.3) is 11.9 Å². The summed E-state index contributed by atoms with van der Waals surface area (Å²) in [6.45, 7) is 3.47. The second-order valence-corrected chi connectivity index (χ2v) is 6.17. The van der Waals surface area contributed by atoms with Crippen molar-refractivity contribution in [2.45, 2.75) is 25.6 Å². The van der Waals surface area contributed by atoms with Gasteiger partial charge < -0.3 is 10.4 Å². The van der Waals surface area contributed by atoms with Gasteiger partial charge in [-0.25, -0.2) is 0 Å². The molecular weight excluding hydrogens is 310 g/mol. The van der Waals surface area contributed by atoms with Crippen molar-refractivity contribution in [3.63, 3.8) is 0 Å². The number of nitrogens with zero attached hydrogens (tertiary/aromatic N) is 3. The van der Waals surface area contributed by atoms with Crippen molar-refractivity contribution < 1.29 is 14.9 Å². The molecule has 2 aromatic rings. The predicted octanol–water partition coefficient (Wildman–Crippen LogP) is 3.08. The molecule has 1 N–H and O–H groups in total. The monoisotopic (exact) mass is 327 g/mol. The molecule has 1 heterocycles. The molecule has 0 fully saturated rings. The summed E-state index contributed by atoms with van der Waals surface area (Å²) in [4.78, 5) is 10.5. The van der Waals surface area contributed by atoms with Crippen molar-refractivity contribution in [2.24, 2.45) is 0 Å². The van der Waals surface area contributed by atoms with Gasteiger partial charge in [0.1, 0.15) is 5.54 Å². The van der Waals surface area contributed by atoms with Crippen LogP contribution in [0, 0.1) is 15.3 Å². The number of non-ortho nitro benzene ring substituents is 1. The molecule has 0 saturated heterocycles. The lowest BCUT2D eigenvalue weighted by atomic mass is 9.93. The molecule has 0 unspecified atom stereocenters. The first-order valence-electron chi connectivity index (χ1n) is 7.46. The van der Waals surface area contributed by atoms with Crippen LogP contribution in [0.15, 0.2) is 54.6 Å². The van der Waals surface area contributed by atoms with Crippen molar-refractivity contribution >= 4 is 11.4 Å². The molecule has 24 heavy (non-hydrogen) atoms. The van der Waals surface area contributed by atoms with Crippen molar-refractivity contribution in [1.82, 2.24) is 5.06 Å². The van der Waals surface area contributed by atoms with Gasteiger partial charge >= 0.3 is 0 Å². The number of nitro groups is 1. The number of hydroxylamine groups is 3. The van der Waals surface area contributed by atoms with E-state index in [-0.39, 0.29) is 5.69 Å². The molecule has 7 heteroatoms. The SMILES string of the molecule is CC1(C)C(c2ccccc2)=[N+]([O-])[C@@H](c2cccc([N+](=O)[O-])c2)N1O. The van der Waals surface area contributed by atoms with Gasteiger partial charge in [0.2, 0.25) is 5.71 Å². The highest BCUT2D eigenvalue weighted by Crippen LogP contribution is 2.37. The van der Waals surface area contributed by atoms with E-state index in [0.717, 1.165) is 5.06 Å². The molecule has 1 atom stereocenters. The second kappa shape index (κ2) is 5.70. The highest BCUT2D eigenvalue weighted by atomic mass is 16.6. The van der Waals surface area contributed by atoms with Crippen LogP contribution in [0.5, 0.6) is 0 Å². The summed E-state index contributed by atoms with van der Waals surface area (Å²) in [5.41, 5.74) is 0.394. The van der Waals surface area contributed by atoms with Gasteiger partial charge in [0, 0.05) is 23.3 Å². The zero-order chi connectivity index (χ0) is 17.5. The van der Waals surface area contributed by atoms with Crippen LogP contribution in [-0.2, 0) is 0 Å². The van der Waals surface area contributed by atoms with Gasteiger partial charge in [-0.05, 0) is 26.0 Å². The fourth-order valence-electron chi connectivity index (χ4n) is 3.06. The predicted molar refractivity (Wildman–Crippen MR) is 87.7 cm³/mol. The molecule has 2 aromatic carbocycles. The molecule has 0 saturated carbocycles. The summed E-state index contributed by atoms with van der Waals surface area (Å²) in [5.74, 6) is 0. The lowest BCUT2D eigenvalue weighted by Gasteiger charge is -2.25. The van der Waals surface area contributed by atoms with Crippen LogP contribution in [0.2, 0.25) is 0 Å². The Morgan fingerprint density at radius 2 is 1.83 bits per heavy atom. The van der Waals surface area contributed by atoms with E-state index in [1.807, 2.05) is 18.2 Å². The lowest BCUT2D eigenvalue weighted by molar-refractivity contribution is -0.544.